The maximum absolute atomic E-state index is 13.5. The SMILES string of the molecule is COC(=O)c1sc2c(N)ccc3c2c1C(N)C(=O)C3(N)c1ccc(Br)cc1C. The van der Waals surface area contributed by atoms with Gasteiger partial charge in [0.15, 0.2) is 5.78 Å². The average Bonchev–Trinajstić information content (AvgIpc) is 3.06. The zero-order valence-corrected chi connectivity index (χ0v) is 17.6. The number of hydrogen-bond donors (Lipinski definition) is 3. The minimum absolute atomic E-state index is 0.284. The zero-order valence-electron chi connectivity index (χ0n) is 15.2. The molecule has 1 aromatic heterocycles. The smallest absolute Gasteiger partial charge is 0.348 e. The molecule has 0 radical (unpaired) electrons. The van der Waals surface area contributed by atoms with Gasteiger partial charge < -0.3 is 21.9 Å². The van der Waals surface area contributed by atoms with Gasteiger partial charge in [0.05, 0.1) is 17.9 Å². The van der Waals surface area contributed by atoms with E-state index in [1.807, 2.05) is 25.1 Å². The van der Waals surface area contributed by atoms with Crippen LogP contribution >= 0.6 is 27.3 Å². The van der Waals surface area contributed by atoms with Crippen molar-refractivity contribution in [3.8, 4) is 0 Å². The summed E-state index contributed by atoms with van der Waals surface area (Å²) in [5.41, 5.74) is 20.9. The Morgan fingerprint density at radius 1 is 1.25 bits per heavy atom. The summed E-state index contributed by atoms with van der Waals surface area (Å²) in [5, 5.41) is 0.669. The van der Waals surface area contributed by atoms with E-state index in [0.717, 1.165) is 10.0 Å². The molecule has 0 spiro atoms. The number of nitrogens with two attached hydrogens (primary N) is 3. The Balaban J connectivity index is 2.14. The highest BCUT2D eigenvalue weighted by molar-refractivity contribution is 9.10. The van der Waals surface area contributed by atoms with Crippen molar-refractivity contribution in [2.24, 2.45) is 11.5 Å². The number of thiophene rings is 1. The molecular weight excluding hydrogens is 442 g/mol. The molecule has 2 unspecified atom stereocenters. The lowest BCUT2D eigenvalue weighted by Gasteiger charge is -2.37. The predicted molar refractivity (Wildman–Crippen MR) is 113 cm³/mol. The molecule has 3 aromatic rings. The molecule has 2 atom stereocenters. The van der Waals surface area contributed by atoms with Crippen molar-refractivity contribution in [3.63, 3.8) is 0 Å². The second-order valence-corrected chi connectivity index (χ2v) is 8.79. The lowest BCUT2D eigenvalue weighted by Crippen LogP contribution is -2.52. The van der Waals surface area contributed by atoms with Crippen LogP contribution in [0.2, 0.25) is 0 Å². The number of anilines is 1. The van der Waals surface area contributed by atoms with Gasteiger partial charge in [0.2, 0.25) is 0 Å². The summed E-state index contributed by atoms with van der Waals surface area (Å²) in [5.74, 6) is -0.922. The summed E-state index contributed by atoms with van der Waals surface area (Å²) in [7, 11) is 1.29. The Morgan fingerprint density at radius 3 is 2.57 bits per heavy atom. The molecule has 8 heteroatoms. The molecule has 144 valence electrons. The standard InChI is InChI=1S/C20H18BrN3O3S/c1-8-7-9(21)3-4-10(8)20(24)11-5-6-12(22)16-13(11)14(15(23)18(20)25)17(28-16)19(26)27-2/h3-7,15H,22-24H2,1-2H3. The van der Waals surface area contributed by atoms with Crippen molar-refractivity contribution in [2.45, 2.75) is 18.5 Å². The fourth-order valence-corrected chi connectivity index (χ4v) is 5.67. The van der Waals surface area contributed by atoms with E-state index in [1.54, 1.807) is 12.1 Å². The molecule has 4 rings (SSSR count). The van der Waals surface area contributed by atoms with E-state index in [4.69, 9.17) is 21.9 Å². The van der Waals surface area contributed by atoms with Crippen LogP contribution in [0.1, 0.15) is 38.0 Å². The third-order valence-corrected chi connectivity index (χ3v) is 7.03. The molecule has 6 nitrogen and oxygen atoms in total. The quantitative estimate of drug-likeness (QED) is 0.399. The first-order valence-corrected chi connectivity index (χ1v) is 10.1. The molecule has 1 aliphatic rings. The molecule has 1 heterocycles. The Kier molecular flexibility index (Phi) is 4.35. The number of ether oxygens (including phenoxy) is 1. The summed E-state index contributed by atoms with van der Waals surface area (Å²) in [6.07, 6.45) is 0. The first-order chi connectivity index (χ1) is 13.2. The number of aryl methyl sites for hydroxylation is 1. The number of carbonyl (C=O) groups excluding carboxylic acids is 2. The number of halogens is 1. The van der Waals surface area contributed by atoms with Crippen LogP contribution < -0.4 is 17.2 Å². The number of esters is 1. The summed E-state index contributed by atoms with van der Waals surface area (Å²) < 4.78 is 6.46. The molecule has 6 N–H and O–H groups in total. The van der Waals surface area contributed by atoms with E-state index in [0.29, 0.717) is 32.5 Å². The fraction of sp³-hybridized carbons (Fsp3) is 0.200. The van der Waals surface area contributed by atoms with E-state index in [-0.39, 0.29) is 10.7 Å². The van der Waals surface area contributed by atoms with Gasteiger partial charge in [-0.3, -0.25) is 4.79 Å². The molecule has 0 bridgehead atoms. The van der Waals surface area contributed by atoms with E-state index in [9.17, 15) is 9.59 Å². The number of nitrogen functional groups attached to an aromatic ring is 1. The molecule has 0 saturated carbocycles. The summed E-state index contributed by atoms with van der Waals surface area (Å²) >= 11 is 4.62. The maximum atomic E-state index is 13.5. The highest BCUT2D eigenvalue weighted by atomic mass is 79.9. The van der Waals surface area contributed by atoms with Crippen molar-refractivity contribution in [1.82, 2.24) is 0 Å². The highest BCUT2D eigenvalue weighted by Crippen LogP contribution is 2.50. The summed E-state index contributed by atoms with van der Waals surface area (Å²) in [4.78, 5) is 26.1. The molecule has 0 fully saturated rings. The number of hydrogen-bond acceptors (Lipinski definition) is 7. The molecular formula is C20H18BrN3O3S. The van der Waals surface area contributed by atoms with Crippen molar-refractivity contribution >= 4 is 54.8 Å². The Bertz CT molecular complexity index is 1170. The summed E-state index contributed by atoms with van der Waals surface area (Å²) in [6.45, 7) is 1.89. The number of ketones is 1. The van der Waals surface area contributed by atoms with Crippen molar-refractivity contribution < 1.29 is 14.3 Å². The molecule has 0 amide bonds. The van der Waals surface area contributed by atoms with Gasteiger partial charge in [0.1, 0.15) is 10.4 Å². The average molecular weight is 460 g/mol. The lowest BCUT2D eigenvalue weighted by molar-refractivity contribution is -0.124. The number of benzene rings is 2. The van der Waals surface area contributed by atoms with Gasteiger partial charge in [-0.1, -0.05) is 28.1 Å². The topological polar surface area (TPSA) is 121 Å². The lowest BCUT2D eigenvalue weighted by atomic mass is 9.69. The van der Waals surface area contributed by atoms with Gasteiger partial charge >= 0.3 is 5.97 Å². The van der Waals surface area contributed by atoms with Crippen LogP contribution in [0.25, 0.3) is 10.1 Å². The monoisotopic (exact) mass is 459 g/mol. The molecule has 28 heavy (non-hydrogen) atoms. The molecule has 0 aliphatic heterocycles. The van der Waals surface area contributed by atoms with Crippen LogP contribution in [0.5, 0.6) is 0 Å². The third-order valence-electron chi connectivity index (χ3n) is 5.30. The van der Waals surface area contributed by atoms with Crippen molar-refractivity contribution in [1.29, 1.82) is 0 Å². The van der Waals surface area contributed by atoms with Gasteiger partial charge in [-0.05, 0) is 41.8 Å². The van der Waals surface area contributed by atoms with Crippen LogP contribution in [0.3, 0.4) is 0 Å². The van der Waals surface area contributed by atoms with Crippen LogP contribution in [0.15, 0.2) is 34.8 Å². The van der Waals surface area contributed by atoms with E-state index < -0.39 is 17.6 Å². The Morgan fingerprint density at radius 2 is 1.93 bits per heavy atom. The largest absolute Gasteiger partial charge is 0.465 e. The zero-order chi connectivity index (χ0) is 20.4. The second-order valence-electron chi connectivity index (χ2n) is 6.85. The second kappa shape index (κ2) is 6.38. The van der Waals surface area contributed by atoms with Gasteiger partial charge in [0, 0.05) is 21.1 Å². The van der Waals surface area contributed by atoms with Crippen LogP contribution in [-0.2, 0) is 15.1 Å². The first-order valence-electron chi connectivity index (χ1n) is 8.50. The van der Waals surface area contributed by atoms with E-state index in [1.165, 1.54) is 18.4 Å². The van der Waals surface area contributed by atoms with Crippen LogP contribution in [0, 0.1) is 6.92 Å². The van der Waals surface area contributed by atoms with Crippen molar-refractivity contribution in [2.75, 3.05) is 12.8 Å². The number of carbonyl (C=O) groups is 2. The van der Waals surface area contributed by atoms with Gasteiger partial charge in [-0.15, -0.1) is 11.3 Å². The third kappa shape index (κ3) is 2.39. The van der Waals surface area contributed by atoms with Crippen molar-refractivity contribution in [3.05, 3.63) is 61.9 Å². The first kappa shape index (κ1) is 19.1. The van der Waals surface area contributed by atoms with Gasteiger partial charge in [0.25, 0.3) is 0 Å². The molecule has 2 aromatic carbocycles. The van der Waals surface area contributed by atoms with Crippen LogP contribution in [-0.4, -0.2) is 18.9 Å². The Labute approximate surface area is 173 Å². The highest BCUT2D eigenvalue weighted by Gasteiger charge is 2.49. The number of rotatable bonds is 2. The number of Topliss-reactive ketones (excluding diaryl/α,β-unsaturated/α-hetero) is 1. The van der Waals surface area contributed by atoms with Crippen LogP contribution in [0.4, 0.5) is 5.69 Å². The predicted octanol–water partition coefficient (Wildman–Crippen LogP) is 3.13. The molecule has 1 aliphatic carbocycles. The Hall–Kier alpha value is -2.26. The summed E-state index contributed by atoms with van der Waals surface area (Å²) in [6, 6.07) is 7.96. The number of methoxy groups -OCH3 is 1. The minimum Gasteiger partial charge on any atom is -0.465 e. The molecule has 0 saturated heterocycles. The maximum Gasteiger partial charge on any atom is 0.348 e. The van der Waals surface area contributed by atoms with Gasteiger partial charge in [-0.2, -0.15) is 0 Å². The normalized spacial score (nSPS) is 21.2. The minimum atomic E-state index is -1.45. The fourth-order valence-electron chi connectivity index (χ4n) is 3.97. The van der Waals surface area contributed by atoms with E-state index >= 15 is 0 Å². The van der Waals surface area contributed by atoms with Gasteiger partial charge in [-0.25, -0.2) is 4.79 Å². The van der Waals surface area contributed by atoms with E-state index in [2.05, 4.69) is 15.9 Å².